The second-order valence-electron chi connectivity index (χ2n) is 2.82. The summed E-state index contributed by atoms with van der Waals surface area (Å²) in [5.41, 5.74) is 2.47. The third kappa shape index (κ3) is 1.73. The van der Waals surface area contributed by atoms with Crippen LogP contribution in [0, 0.1) is 0 Å². The molecule has 13 heavy (non-hydrogen) atoms. The van der Waals surface area contributed by atoms with Crippen molar-refractivity contribution in [3.63, 3.8) is 0 Å². The lowest BCUT2D eigenvalue weighted by Crippen LogP contribution is -1.82. The molecule has 0 aliphatic carbocycles. The first-order chi connectivity index (χ1) is 6.40. The number of anilines is 1. The lowest BCUT2D eigenvalue weighted by molar-refractivity contribution is 1.56. The molecule has 2 aromatic rings. The minimum atomic E-state index is 1.18. The molecule has 1 N–H and O–H groups in total. The Balaban J connectivity index is 2.36. The van der Waals surface area contributed by atoms with Crippen molar-refractivity contribution in [1.82, 2.24) is 0 Å². The van der Waals surface area contributed by atoms with Gasteiger partial charge in [-0.1, -0.05) is 30.3 Å². The van der Waals surface area contributed by atoms with E-state index < -0.39 is 0 Å². The fourth-order valence-corrected chi connectivity index (χ4v) is 2.13. The topological polar surface area (TPSA) is 12.0 Å². The molecule has 1 heterocycles. The van der Waals surface area contributed by atoms with Crippen LogP contribution < -0.4 is 5.32 Å². The van der Waals surface area contributed by atoms with Gasteiger partial charge in [0.2, 0.25) is 0 Å². The Morgan fingerprint density at radius 1 is 1.15 bits per heavy atom. The predicted octanol–water partition coefficient (Wildman–Crippen LogP) is 3.46. The molecule has 0 radical (unpaired) electrons. The molecule has 0 fully saturated rings. The average molecular weight is 189 g/mol. The lowest BCUT2D eigenvalue weighted by Gasteiger charge is -1.94. The quantitative estimate of drug-likeness (QED) is 0.763. The number of rotatable bonds is 2. The molecule has 0 saturated heterocycles. The fraction of sp³-hybridized carbons (Fsp3) is 0.0909. The molecule has 66 valence electrons. The van der Waals surface area contributed by atoms with Crippen molar-refractivity contribution in [1.29, 1.82) is 0 Å². The molecule has 0 unspecified atom stereocenters. The molecule has 2 heteroatoms. The summed E-state index contributed by atoms with van der Waals surface area (Å²) in [6.07, 6.45) is 0. The normalized spacial score (nSPS) is 9.92. The summed E-state index contributed by atoms with van der Waals surface area (Å²) in [6.45, 7) is 0. The number of nitrogens with one attached hydrogen (secondary N) is 1. The van der Waals surface area contributed by atoms with Crippen molar-refractivity contribution >= 4 is 17.0 Å². The highest BCUT2D eigenvalue weighted by molar-refractivity contribution is 7.14. The highest BCUT2D eigenvalue weighted by Crippen LogP contribution is 2.28. The van der Waals surface area contributed by atoms with E-state index in [1.807, 2.05) is 13.1 Å². The van der Waals surface area contributed by atoms with E-state index in [1.165, 1.54) is 16.1 Å². The Kier molecular flexibility index (Phi) is 2.32. The Labute approximate surface area is 82.0 Å². The van der Waals surface area contributed by atoms with Crippen LogP contribution in [0.2, 0.25) is 0 Å². The summed E-state index contributed by atoms with van der Waals surface area (Å²) in [5.74, 6) is 0. The fourth-order valence-electron chi connectivity index (χ4n) is 1.22. The molecule has 0 bridgehead atoms. The van der Waals surface area contributed by atoms with E-state index in [9.17, 15) is 0 Å². The highest BCUT2D eigenvalue weighted by atomic mass is 32.1. The van der Waals surface area contributed by atoms with Gasteiger partial charge in [-0.25, -0.2) is 0 Å². The van der Waals surface area contributed by atoms with Crippen LogP contribution in [0.3, 0.4) is 0 Å². The van der Waals surface area contributed by atoms with Gasteiger partial charge in [-0.3, -0.25) is 0 Å². The zero-order valence-corrected chi connectivity index (χ0v) is 8.27. The van der Waals surface area contributed by atoms with Gasteiger partial charge in [-0.05, 0) is 11.6 Å². The van der Waals surface area contributed by atoms with Crippen LogP contribution in [-0.4, -0.2) is 7.05 Å². The molecular formula is C11H11NS. The van der Waals surface area contributed by atoms with Crippen molar-refractivity contribution in [2.45, 2.75) is 0 Å². The summed E-state index contributed by atoms with van der Waals surface area (Å²) < 4.78 is 0. The molecule has 0 spiro atoms. The SMILES string of the molecule is CNc1csc(-c2ccccc2)c1. The summed E-state index contributed by atoms with van der Waals surface area (Å²) in [6, 6.07) is 12.6. The molecule has 0 amide bonds. The van der Waals surface area contributed by atoms with Gasteiger partial charge in [0, 0.05) is 23.0 Å². The molecule has 0 aliphatic heterocycles. The maximum Gasteiger partial charge on any atom is 0.0452 e. The second kappa shape index (κ2) is 3.62. The summed E-state index contributed by atoms with van der Waals surface area (Å²) >= 11 is 1.76. The number of thiophene rings is 1. The highest BCUT2D eigenvalue weighted by Gasteiger charge is 1.99. The second-order valence-corrected chi connectivity index (χ2v) is 3.73. The van der Waals surface area contributed by atoms with Crippen molar-refractivity contribution < 1.29 is 0 Å². The minimum Gasteiger partial charge on any atom is -0.387 e. The molecule has 2 rings (SSSR count). The van der Waals surface area contributed by atoms with Gasteiger partial charge in [-0.2, -0.15) is 0 Å². The van der Waals surface area contributed by atoms with Crippen LogP contribution in [0.4, 0.5) is 5.69 Å². The van der Waals surface area contributed by atoms with Gasteiger partial charge in [0.05, 0.1) is 0 Å². The van der Waals surface area contributed by atoms with Gasteiger partial charge in [-0.15, -0.1) is 11.3 Å². The smallest absolute Gasteiger partial charge is 0.0452 e. The van der Waals surface area contributed by atoms with Crippen LogP contribution in [0.15, 0.2) is 41.8 Å². The van der Waals surface area contributed by atoms with Crippen LogP contribution >= 0.6 is 11.3 Å². The first-order valence-corrected chi connectivity index (χ1v) is 5.10. The van der Waals surface area contributed by atoms with Gasteiger partial charge in [0.25, 0.3) is 0 Å². The molecule has 1 nitrogen and oxygen atoms in total. The molecule has 1 aromatic carbocycles. The van der Waals surface area contributed by atoms with Crippen molar-refractivity contribution in [3.8, 4) is 10.4 Å². The van der Waals surface area contributed by atoms with Gasteiger partial charge >= 0.3 is 0 Å². The Bertz CT molecular complexity index is 378. The van der Waals surface area contributed by atoms with E-state index in [0.29, 0.717) is 0 Å². The van der Waals surface area contributed by atoms with E-state index >= 15 is 0 Å². The van der Waals surface area contributed by atoms with E-state index in [4.69, 9.17) is 0 Å². The van der Waals surface area contributed by atoms with Crippen LogP contribution in [0.1, 0.15) is 0 Å². The van der Waals surface area contributed by atoms with Crippen LogP contribution in [-0.2, 0) is 0 Å². The van der Waals surface area contributed by atoms with Crippen molar-refractivity contribution in [2.75, 3.05) is 12.4 Å². The molecular weight excluding hydrogens is 178 g/mol. The average Bonchev–Trinajstić information content (AvgIpc) is 2.67. The maximum absolute atomic E-state index is 3.13. The Morgan fingerprint density at radius 3 is 2.54 bits per heavy atom. The summed E-state index contributed by atoms with van der Waals surface area (Å²) in [5, 5.41) is 5.25. The van der Waals surface area contributed by atoms with Crippen LogP contribution in [0.5, 0.6) is 0 Å². The monoisotopic (exact) mass is 189 g/mol. The van der Waals surface area contributed by atoms with E-state index in [0.717, 1.165) is 0 Å². The summed E-state index contributed by atoms with van der Waals surface area (Å²) in [7, 11) is 1.94. The third-order valence-corrected chi connectivity index (χ3v) is 2.93. The van der Waals surface area contributed by atoms with Crippen molar-refractivity contribution in [2.24, 2.45) is 0 Å². The number of benzene rings is 1. The Hall–Kier alpha value is -1.28. The Morgan fingerprint density at radius 2 is 1.92 bits per heavy atom. The van der Waals surface area contributed by atoms with Crippen LogP contribution in [0.25, 0.3) is 10.4 Å². The van der Waals surface area contributed by atoms with Gasteiger partial charge < -0.3 is 5.32 Å². The molecule has 1 aromatic heterocycles. The van der Waals surface area contributed by atoms with E-state index in [1.54, 1.807) is 11.3 Å². The first-order valence-electron chi connectivity index (χ1n) is 4.22. The molecule has 0 aliphatic rings. The third-order valence-electron chi connectivity index (χ3n) is 1.95. The first kappa shape index (κ1) is 8.32. The summed E-state index contributed by atoms with van der Waals surface area (Å²) in [4.78, 5) is 1.31. The minimum absolute atomic E-state index is 1.18. The predicted molar refractivity (Wildman–Crippen MR) is 59.3 cm³/mol. The zero-order valence-electron chi connectivity index (χ0n) is 7.45. The number of hydrogen-bond acceptors (Lipinski definition) is 2. The lowest BCUT2D eigenvalue weighted by atomic mass is 10.2. The van der Waals surface area contributed by atoms with E-state index in [-0.39, 0.29) is 0 Å². The number of hydrogen-bond donors (Lipinski definition) is 1. The maximum atomic E-state index is 3.13. The van der Waals surface area contributed by atoms with Gasteiger partial charge in [0.15, 0.2) is 0 Å². The largest absolute Gasteiger partial charge is 0.387 e. The standard InChI is InChI=1S/C11H11NS/c1-12-10-7-11(13-8-10)9-5-3-2-4-6-9/h2-8,12H,1H3. The van der Waals surface area contributed by atoms with Gasteiger partial charge in [0.1, 0.15) is 0 Å². The molecule has 0 saturated carbocycles. The van der Waals surface area contributed by atoms with E-state index in [2.05, 4.69) is 41.0 Å². The molecule has 0 atom stereocenters. The van der Waals surface area contributed by atoms with Crippen molar-refractivity contribution in [3.05, 3.63) is 41.8 Å². The zero-order chi connectivity index (χ0) is 9.10.